The third-order valence-corrected chi connectivity index (χ3v) is 10.5. The summed E-state index contributed by atoms with van der Waals surface area (Å²) in [4.78, 5) is 39.8. The SMILES string of the molecule is COC(=O)[C@H]1O[C@@H](O[C@@H]2[C@@H](NC(C)=O)[C@H](OCc3ccccc3)O[C@H](COS(=O)(=O)O)[C@@H]2OCc2ccccc2)[C@H](OC(C)=O)[C@@H](OCc2ccccc2)[C@@H]1OCc1ccccc1. The van der Waals surface area contributed by atoms with Crippen molar-refractivity contribution in [2.75, 3.05) is 13.7 Å². The lowest BCUT2D eigenvalue weighted by molar-refractivity contribution is -0.352. The van der Waals surface area contributed by atoms with Gasteiger partial charge in [0.1, 0.15) is 36.6 Å². The Labute approximate surface area is 365 Å². The van der Waals surface area contributed by atoms with Crippen molar-refractivity contribution in [2.24, 2.45) is 0 Å². The van der Waals surface area contributed by atoms with Crippen LogP contribution >= 0.6 is 0 Å². The highest BCUT2D eigenvalue weighted by Gasteiger charge is 2.57. The van der Waals surface area contributed by atoms with Gasteiger partial charge in [0.05, 0.1) is 40.1 Å². The van der Waals surface area contributed by atoms with Gasteiger partial charge in [-0.1, -0.05) is 121 Å². The second kappa shape index (κ2) is 23.0. The first-order chi connectivity index (χ1) is 30.4. The molecule has 1 amide bonds. The van der Waals surface area contributed by atoms with Crippen LogP contribution in [0.15, 0.2) is 121 Å². The Hall–Kier alpha value is -5.12. The van der Waals surface area contributed by atoms with Gasteiger partial charge in [0.2, 0.25) is 5.91 Å². The zero-order valence-corrected chi connectivity index (χ0v) is 35.7. The molecule has 0 spiro atoms. The molecule has 6 rings (SSSR count). The van der Waals surface area contributed by atoms with Crippen LogP contribution in [-0.4, -0.2) is 106 Å². The van der Waals surface area contributed by atoms with E-state index in [0.29, 0.717) is 5.56 Å². The predicted molar refractivity (Wildman–Crippen MR) is 221 cm³/mol. The molecule has 338 valence electrons. The Morgan fingerprint density at radius 2 is 1.06 bits per heavy atom. The number of methoxy groups -OCH3 is 1. The van der Waals surface area contributed by atoms with Gasteiger partial charge in [0.25, 0.3) is 0 Å². The van der Waals surface area contributed by atoms with Crippen LogP contribution in [0.2, 0.25) is 0 Å². The molecule has 2 aliphatic rings. The summed E-state index contributed by atoms with van der Waals surface area (Å²) in [5, 5.41) is 2.82. The van der Waals surface area contributed by atoms with Crippen LogP contribution in [0.3, 0.4) is 0 Å². The Morgan fingerprint density at radius 1 is 0.603 bits per heavy atom. The minimum Gasteiger partial charge on any atom is -0.467 e. The van der Waals surface area contributed by atoms with Gasteiger partial charge >= 0.3 is 22.3 Å². The van der Waals surface area contributed by atoms with Gasteiger partial charge in [0, 0.05) is 13.8 Å². The smallest absolute Gasteiger partial charge is 0.397 e. The van der Waals surface area contributed by atoms with Crippen LogP contribution in [0.25, 0.3) is 0 Å². The Balaban J connectivity index is 1.44. The number of benzene rings is 4. The van der Waals surface area contributed by atoms with Crippen molar-refractivity contribution < 1.29 is 74.2 Å². The number of esters is 2. The van der Waals surface area contributed by atoms with Crippen molar-refractivity contribution in [3.8, 4) is 0 Å². The van der Waals surface area contributed by atoms with E-state index in [1.54, 1.807) is 48.5 Å². The summed E-state index contributed by atoms with van der Waals surface area (Å²) in [5.41, 5.74) is 2.90. The van der Waals surface area contributed by atoms with E-state index >= 15 is 0 Å². The van der Waals surface area contributed by atoms with Crippen LogP contribution in [0.5, 0.6) is 0 Å². The molecule has 63 heavy (non-hydrogen) atoms. The molecule has 2 heterocycles. The molecular weight excluding hydrogens is 843 g/mol. The molecule has 17 nitrogen and oxygen atoms in total. The van der Waals surface area contributed by atoms with Gasteiger partial charge in [0.15, 0.2) is 24.8 Å². The lowest BCUT2D eigenvalue weighted by Gasteiger charge is -2.49. The molecule has 4 aromatic carbocycles. The van der Waals surface area contributed by atoms with Crippen molar-refractivity contribution in [3.05, 3.63) is 144 Å². The fourth-order valence-corrected chi connectivity index (χ4v) is 7.51. The summed E-state index contributed by atoms with van der Waals surface area (Å²) in [5.74, 6) is -2.19. The zero-order chi connectivity index (χ0) is 44.8. The highest BCUT2D eigenvalue weighted by atomic mass is 32.3. The van der Waals surface area contributed by atoms with E-state index in [-0.39, 0.29) is 26.4 Å². The van der Waals surface area contributed by atoms with Gasteiger partial charge in [-0.3, -0.25) is 14.1 Å². The lowest BCUT2D eigenvalue weighted by atomic mass is 9.94. The summed E-state index contributed by atoms with van der Waals surface area (Å²) >= 11 is 0. The second-order valence-corrected chi connectivity index (χ2v) is 15.8. The van der Waals surface area contributed by atoms with E-state index in [1.165, 1.54) is 21.0 Å². The van der Waals surface area contributed by atoms with Crippen LogP contribution in [-0.2, 0) is 98.0 Å². The third kappa shape index (κ3) is 13.9. The summed E-state index contributed by atoms with van der Waals surface area (Å²) < 4.78 is 94.8. The standard InChI is InChI=1S/C45H51NO16S/c1-29(47)46-36-38(37(54-24-31-16-8-4-9-17-31)35(28-58-63(50,51)52)60-44(36)57-27-34-22-14-7-15-23-34)61-45-42(59-30(2)48)40(56-26-33-20-12-6-13-21-33)39(41(62-45)43(49)53-3)55-25-32-18-10-5-11-19-32/h4-23,35-42,44-45H,24-28H2,1-3H3,(H,46,47)(H,50,51,52)/t35-,36-,37+,38-,39+,40+,41+,42-,44-,45-/m1/s1. The highest BCUT2D eigenvalue weighted by molar-refractivity contribution is 7.80. The molecule has 0 unspecified atom stereocenters. The number of nitrogens with one attached hydrogen (secondary N) is 1. The maximum atomic E-state index is 13.7. The minimum absolute atomic E-state index is 0.0122. The van der Waals surface area contributed by atoms with E-state index in [2.05, 4.69) is 5.32 Å². The number of ether oxygens (including phenoxy) is 9. The molecule has 4 aromatic rings. The minimum atomic E-state index is -5.03. The molecule has 2 N–H and O–H groups in total. The van der Waals surface area contributed by atoms with E-state index in [9.17, 15) is 27.4 Å². The van der Waals surface area contributed by atoms with Crippen molar-refractivity contribution in [2.45, 2.75) is 102 Å². The van der Waals surface area contributed by atoms with E-state index in [0.717, 1.165) is 16.7 Å². The van der Waals surface area contributed by atoms with Crippen molar-refractivity contribution in [1.82, 2.24) is 5.32 Å². The maximum Gasteiger partial charge on any atom is 0.397 e. The number of hydrogen-bond acceptors (Lipinski definition) is 15. The molecule has 0 aromatic heterocycles. The summed E-state index contributed by atoms with van der Waals surface area (Å²) in [6.45, 7) is 1.43. The molecule has 10 atom stereocenters. The molecule has 2 saturated heterocycles. The maximum absolute atomic E-state index is 13.7. The number of carbonyl (C=O) groups is 3. The molecule has 0 bridgehead atoms. The quantitative estimate of drug-likeness (QED) is 0.0940. The van der Waals surface area contributed by atoms with Gasteiger partial charge in [-0.15, -0.1) is 0 Å². The number of carbonyl (C=O) groups excluding carboxylic acids is 3. The Kier molecular flexibility index (Phi) is 17.3. The highest BCUT2D eigenvalue weighted by Crippen LogP contribution is 2.36. The zero-order valence-electron chi connectivity index (χ0n) is 34.8. The molecule has 2 aliphatic heterocycles. The molecule has 0 saturated carbocycles. The number of hydrogen-bond donors (Lipinski definition) is 2. The first-order valence-electron chi connectivity index (χ1n) is 20.1. The Morgan fingerprint density at radius 3 is 1.51 bits per heavy atom. The normalized spacial score (nSPS) is 26.0. The third-order valence-electron chi connectivity index (χ3n) is 10.0. The van der Waals surface area contributed by atoms with Crippen LogP contribution in [0.1, 0.15) is 36.1 Å². The van der Waals surface area contributed by atoms with Crippen LogP contribution in [0.4, 0.5) is 0 Å². The summed E-state index contributed by atoms with van der Waals surface area (Å²) in [6, 6.07) is 35.0. The van der Waals surface area contributed by atoms with Gasteiger partial charge in [-0.05, 0) is 22.3 Å². The van der Waals surface area contributed by atoms with Gasteiger partial charge in [-0.25, -0.2) is 8.98 Å². The van der Waals surface area contributed by atoms with Crippen molar-refractivity contribution in [1.29, 1.82) is 0 Å². The average molecular weight is 894 g/mol. The molecule has 0 radical (unpaired) electrons. The average Bonchev–Trinajstić information content (AvgIpc) is 3.28. The first-order valence-corrected chi connectivity index (χ1v) is 21.5. The number of amides is 1. The predicted octanol–water partition coefficient (Wildman–Crippen LogP) is 4.22. The first kappa shape index (κ1) is 47.4. The lowest BCUT2D eigenvalue weighted by Crippen LogP contribution is -2.69. The Bertz CT molecular complexity index is 2150. The topological polar surface area (TPSA) is 210 Å². The second-order valence-electron chi connectivity index (χ2n) is 14.7. The van der Waals surface area contributed by atoms with E-state index in [4.69, 9.17) is 46.8 Å². The van der Waals surface area contributed by atoms with Crippen LogP contribution in [0, 0.1) is 0 Å². The monoisotopic (exact) mass is 893 g/mol. The molecule has 0 aliphatic carbocycles. The van der Waals surface area contributed by atoms with Crippen molar-refractivity contribution >= 4 is 28.2 Å². The summed E-state index contributed by atoms with van der Waals surface area (Å²) in [7, 11) is -3.86. The van der Waals surface area contributed by atoms with Crippen LogP contribution < -0.4 is 5.32 Å². The van der Waals surface area contributed by atoms with E-state index in [1.807, 2.05) is 72.8 Å². The fraction of sp³-hybridized carbons (Fsp3) is 0.400. The largest absolute Gasteiger partial charge is 0.467 e. The summed E-state index contributed by atoms with van der Waals surface area (Å²) in [6.07, 6.45) is -12.8. The molecular formula is C45H51NO16S. The fourth-order valence-electron chi connectivity index (χ4n) is 7.21. The molecule has 18 heteroatoms. The van der Waals surface area contributed by atoms with Gasteiger partial charge < -0.3 is 47.9 Å². The number of rotatable bonds is 20. The molecule has 2 fully saturated rings. The van der Waals surface area contributed by atoms with E-state index < -0.39 is 96.2 Å². The van der Waals surface area contributed by atoms with Gasteiger partial charge in [-0.2, -0.15) is 8.42 Å². The van der Waals surface area contributed by atoms with Crippen molar-refractivity contribution in [3.63, 3.8) is 0 Å².